The van der Waals surface area contributed by atoms with Gasteiger partial charge in [-0.2, -0.15) is 0 Å². The summed E-state index contributed by atoms with van der Waals surface area (Å²) >= 11 is 0. The molecule has 8 heteroatoms. The van der Waals surface area contributed by atoms with Crippen molar-refractivity contribution in [2.24, 2.45) is 0 Å². The second-order valence-corrected chi connectivity index (χ2v) is 7.95. The lowest BCUT2D eigenvalue weighted by atomic mass is 10.1. The van der Waals surface area contributed by atoms with E-state index < -0.39 is 22.2 Å². The lowest BCUT2D eigenvalue weighted by Crippen LogP contribution is -2.46. The van der Waals surface area contributed by atoms with E-state index in [2.05, 4.69) is 10.0 Å². The molecule has 0 aromatic heterocycles. The first kappa shape index (κ1) is 18.1. The summed E-state index contributed by atoms with van der Waals surface area (Å²) in [6.07, 6.45) is -0.155. The molecular weight excluding hydrogens is 356 g/mol. The highest BCUT2D eigenvalue weighted by Gasteiger charge is 2.34. The van der Waals surface area contributed by atoms with E-state index in [0.717, 1.165) is 6.26 Å². The topological polar surface area (TPSA) is 93.7 Å². The van der Waals surface area contributed by atoms with Crippen molar-refractivity contribution >= 4 is 27.3 Å². The molecule has 26 heavy (non-hydrogen) atoms. The van der Waals surface area contributed by atoms with Crippen LogP contribution in [0.1, 0.15) is 12.5 Å². The molecule has 1 aliphatic rings. The number of rotatable bonds is 4. The Kier molecular flexibility index (Phi) is 4.78. The molecule has 7 nitrogen and oxygen atoms in total. The maximum absolute atomic E-state index is 12.6. The highest BCUT2D eigenvalue weighted by atomic mass is 32.2. The predicted octanol–water partition coefficient (Wildman–Crippen LogP) is 2.53. The van der Waals surface area contributed by atoms with Crippen LogP contribution in [0.2, 0.25) is 0 Å². The molecule has 2 atom stereocenters. The van der Waals surface area contributed by atoms with Crippen molar-refractivity contribution in [3.05, 3.63) is 48.0 Å². The molecule has 0 unspecified atom stereocenters. The van der Waals surface area contributed by atoms with Gasteiger partial charge < -0.3 is 14.8 Å². The van der Waals surface area contributed by atoms with Gasteiger partial charge in [-0.1, -0.05) is 12.1 Å². The van der Waals surface area contributed by atoms with Crippen LogP contribution in [-0.4, -0.2) is 32.8 Å². The predicted molar refractivity (Wildman–Crippen MR) is 99.2 cm³/mol. The molecule has 0 radical (unpaired) electrons. The maximum atomic E-state index is 12.6. The molecule has 1 heterocycles. The molecule has 1 amide bonds. The Balaban J connectivity index is 1.73. The molecule has 138 valence electrons. The van der Waals surface area contributed by atoms with Crippen LogP contribution in [0, 0.1) is 6.92 Å². The number of nitrogens with one attached hydrogen (secondary N) is 2. The van der Waals surface area contributed by atoms with Crippen LogP contribution in [0.3, 0.4) is 0 Å². The number of hydrogen-bond donors (Lipinski definition) is 2. The van der Waals surface area contributed by atoms with E-state index in [0.29, 0.717) is 28.4 Å². The zero-order valence-corrected chi connectivity index (χ0v) is 15.5. The molecule has 1 aliphatic heterocycles. The minimum absolute atomic E-state index is 0.338. The largest absolute Gasteiger partial charge is 0.482 e. The number of hydrogen-bond acceptors (Lipinski definition) is 5. The van der Waals surface area contributed by atoms with Crippen molar-refractivity contribution < 1.29 is 22.7 Å². The normalized spacial score (nSPS) is 18.9. The number of ether oxygens (including phenoxy) is 2. The monoisotopic (exact) mass is 376 g/mol. The summed E-state index contributed by atoms with van der Waals surface area (Å²) in [4.78, 5) is 12.6. The van der Waals surface area contributed by atoms with Gasteiger partial charge in [0.05, 0.1) is 11.9 Å². The van der Waals surface area contributed by atoms with E-state index in [9.17, 15) is 13.2 Å². The zero-order valence-electron chi connectivity index (χ0n) is 14.6. The minimum Gasteiger partial charge on any atom is -0.482 e. The van der Waals surface area contributed by atoms with Crippen LogP contribution in [0.25, 0.3) is 0 Å². The number of sulfonamides is 1. The number of carbonyl (C=O) groups is 1. The molecule has 0 saturated carbocycles. The molecule has 3 rings (SSSR count). The van der Waals surface area contributed by atoms with Gasteiger partial charge >= 0.3 is 0 Å². The smallest absolute Gasteiger partial charge is 0.269 e. The van der Waals surface area contributed by atoms with Crippen molar-refractivity contribution in [1.82, 2.24) is 0 Å². The summed E-state index contributed by atoms with van der Waals surface area (Å²) in [7, 11) is -3.36. The van der Waals surface area contributed by atoms with E-state index >= 15 is 0 Å². The van der Waals surface area contributed by atoms with E-state index in [1.54, 1.807) is 44.2 Å². The molecule has 0 saturated heterocycles. The third-order valence-corrected chi connectivity index (χ3v) is 4.48. The fourth-order valence-corrected chi connectivity index (χ4v) is 3.30. The lowest BCUT2D eigenvalue weighted by molar-refractivity contribution is -0.128. The summed E-state index contributed by atoms with van der Waals surface area (Å²) < 4.78 is 36.6. The van der Waals surface area contributed by atoms with Crippen LogP contribution in [0.4, 0.5) is 11.4 Å². The van der Waals surface area contributed by atoms with Crippen LogP contribution in [-0.2, 0) is 14.8 Å². The molecule has 2 aromatic rings. The number of benzene rings is 2. The number of para-hydroxylation sites is 2. The van der Waals surface area contributed by atoms with Crippen molar-refractivity contribution in [2.75, 3.05) is 16.3 Å². The quantitative estimate of drug-likeness (QED) is 0.855. The Labute approximate surface area is 152 Å². The van der Waals surface area contributed by atoms with Gasteiger partial charge in [-0.3, -0.25) is 9.52 Å². The Morgan fingerprint density at radius 2 is 1.73 bits per heavy atom. The van der Waals surface area contributed by atoms with Crippen molar-refractivity contribution in [3.8, 4) is 11.5 Å². The van der Waals surface area contributed by atoms with E-state index in [4.69, 9.17) is 9.47 Å². The molecule has 0 fully saturated rings. The van der Waals surface area contributed by atoms with Crippen molar-refractivity contribution in [1.29, 1.82) is 0 Å². The number of anilines is 2. The molecular formula is C18H20N2O5S. The van der Waals surface area contributed by atoms with Gasteiger partial charge in [0, 0.05) is 5.69 Å². The Morgan fingerprint density at radius 3 is 2.35 bits per heavy atom. The average Bonchev–Trinajstić information content (AvgIpc) is 2.55. The van der Waals surface area contributed by atoms with E-state index in [-0.39, 0.29) is 5.91 Å². The number of aryl methyl sites for hydroxylation is 1. The summed E-state index contributed by atoms with van der Waals surface area (Å²) in [5.74, 6) is 0.793. The van der Waals surface area contributed by atoms with Gasteiger partial charge in [-0.25, -0.2) is 8.42 Å². The van der Waals surface area contributed by atoms with Gasteiger partial charge in [0.25, 0.3) is 5.91 Å². The van der Waals surface area contributed by atoms with Gasteiger partial charge in [-0.15, -0.1) is 0 Å². The lowest BCUT2D eigenvalue weighted by Gasteiger charge is -2.31. The SMILES string of the molecule is Cc1cc(NC(=O)[C@H]2Oc3ccccc3O[C@H]2C)ccc1NS(C)(=O)=O. The first-order valence-corrected chi connectivity index (χ1v) is 9.94. The third-order valence-electron chi connectivity index (χ3n) is 3.89. The fraction of sp³-hybridized carbons (Fsp3) is 0.278. The number of carbonyl (C=O) groups excluding carboxylic acids is 1. The highest BCUT2D eigenvalue weighted by Crippen LogP contribution is 2.33. The Bertz CT molecular complexity index is 942. The second-order valence-electron chi connectivity index (χ2n) is 6.20. The van der Waals surface area contributed by atoms with Gasteiger partial charge in [0.15, 0.2) is 11.5 Å². The molecule has 0 bridgehead atoms. The molecule has 2 N–H and O–H groups in total. The maximum Gasteiger partial charge on any atom is 0.269 e. The minimum atomic E-state index is -3.36. The average molecular weight is 376 g/mol. The fourth-order valence-electron chi connectivity index (χ4n) is 2.68. The molecule has 0 spiro atoms. The zero-order chi connectivity index (χ0) is 18.9. The summed E-state index contributed by atoms with van der Waals surface area (Å²) in [6.45, 7) is 3.52. The van der Waals surface area contributed by atoms with Gasteiger partial charge in [-0.05, 0) is 49.7 Å². The van der Waals surface area contributed by atoms with Gasteiger partial charge in [0.1, 0.15) is 6.10 Å². The van der Waals surface area contributed by atoms with Crippen LogP contribution >= 0.6 is 0 Å². The second kappa shape index (κ2) is 6.87. The van der Waals surface area contributed by atoms with Crippen LogP contribution in [0.15, 0.2) is 42.5 Å². The van der Waals surface area contributed by atoms with Crippen LogP contribution < -0.4 is 19.5 Å². The van der Waals surface area contributed by atoms with Crippen molar-refractivity contribution in [3.63, 3.8) is 0 Å². The Hall–Kier alpha value is -2.74. The summed E-state index contributed by atoms with van der Waals surface area (Å²) in [5, 5.41) is 2.78. The molecule has 0 aliphatic carbocycles. The first-order valence-electron chi connectivity index (χ1n) is 8.04. The first-order chi connectivity index (χ1) is 12.2. The third kappa shape index (κ3) is 4.08. The molecule has 2 aromatic carbocycles. The summed E-state index contributed by atoms with van der Waals surface area (Å²) in [5.41, 5.74) is 1.69. The van der Waals surface area contributed by atoms with Crippen LogP contribution in [0.5, 0.6) is 11.5 Å². The van der Waals surface area contributed by atoms with E-state index in [1.807, 2.05) is 12.1 Å². The Morgan fingerprint density at radius 1 is 1.08 bits per heavy atom. The van der Waals surface area contributed by atoms with Crippen molar-refractivity contribution in [2.45, 2.75) is 26.1 Å². The van der Waals surface area contributed by atoms with E-state index in [1.165, 1.54) is 0 Å². The number of fused-ring (bicyclic) bond motifs is 1. The number of amides is 1. The summed E-state index contributed by atoms with van der Waals surface area (Å²) in [6, 6.07) is 12.1. The standard InChI is InChI=1S/C18H20N2O5S/c1-11-10-13(8-9-14(11)20-26(3,22)23)19-18(21)17-12(2)24-15-6-4-5-7-16(15)25-17/h4-10,12,17,20H,1-3H3,(H,19,21)/t12-,17-/m0/s1. The van der Waals surface area contributed by atoms with Gasteiger partial charge in [0.2, 0.25) is 16.1 Å². The highest BCUT2D eigenvalue weighted by molar-refractivity contribution is 7.92.